The second-order valence-corrected chi connectivity index (χ2v) is 10.6. The molecule has 4 heterocycles. The quantitative estimate of drug-likeness (QED) is 0.361. The first-order valence-electron chi connectivity index (χ1n) is 13.3. The second-order valence-electron chi connectivity index (χ2n) is 10.6. The minimum Gasteiger partial charge on any atom is -0.491 e. The first kappa shape index (κ1) is 27.4. The molecule has 9 nitrogen and oxygen atoms in total. The molecule has 0 bridgehead atoms. The van der Waals surface area contributed by atoms with Crippen molar-refractivity contribution in [3.05, 3.63) is 71.9 Å². The van der Waals surface area contributed by atoms with E-state index < -0.39 is 11.6 Å². The Kier molecular flexibility index (Phi) is 7.66. The number of nitrogens with zero attached hydrogens (tertiary/aromatic N) is 5. The summed E-state index contributed by atoms with van der Waals surface area (Å²) in [4.78, 5) is 22.7. The van der Waals surface area contributed by atoms with Crippen molar-refractivity contribution in [1.29, 1.82) is 0 Å². The van der Waals surface area contributed by atoms with Crippen LogP contribution in [0, 0.1) is 17.6 Å². The molecule has 11 heteroatoms. The van der Waals surface area contributed by atoms with Gasteiger partial charge in [-0.25, -0.2) is 18.3 Å². The highest BCUT2D eigenvalue weighted by Crippen LogP contribution is 2.31. The second kappa shape index (κ2) is 11.2. The van der Waals surface area contributed by atoms with Gasteiger partial charge in [-0.1, -0.05) is 6.92 Å². The lowest BCUT2D eigenvalue weighted by Gasteiger charge is -2.43. The highest BCUT2D eigenvalue weighted by atomic mass is 19.1. The van der Waals surface area contributed by atoms with Gasteiger partial charge in [-0.2, -0.15) is 5.10 Å². The smallest absolute Gasteiger partial charge is 0.217 e. The lowest BCUT2D eigenvalue weighted by atomic mass is 9.89. The Balaban J connectivity index is 1.44. The third-order valence-corrected chi connectivity index (χ3v) is 7.05. The molecular weight excluding hydrogens is 516 g/mol. The van der Waals surface area contributed by atoms with Gasteiger partial charge in [-0.05, 0) is 38.0 Å². The number of piperidine rings is 1. The monoisotopic (exact) mass is 549 g/mol. The van der Waals surface area contributed by atoms with Crippen LogP contribution in [0.5, 0.6) is 5.75 Å². The molecule has 4 aromatic rings. The average molecular weight is 550 g/mol. The standard InChI is InChI=1S/C29H33F2N7O2/c1-16(2)40-21-10-22(30)28(23(31)11-21)25-6-5-20-13-34-27(38(20)36-25)9-19-12-33-8-7-26(19)37-14-17(3)29(24(32)15-37)35-18(4)39/h5-8,10-13,16-17,24,29H,9,14-15,32H2,1-4H3,(H,35,39)/t17-,24+,29-/m0/s1. The number of carbonyl (C=O) groups is 1. The van der Waals surface area contributed by atoms with E-state index in [0.29, 0.717) is 30.9 Å². The Bertz CT molecular complexity index is 1510. The number of ether oxygens (including phenoxy) is 1. The summed E-state index contributed by atoms with van der Waals surface area (Å²) in [6.07, 6.45) is 5.35. The Morgan fingerprint density at radius 1 is 1.18 bits per heavy atom. The van der Waals surface area contributed by atoms with Gasteiger partial charge in [0.2, 0.25) is 5.91 Å². The van der Waals surface area contributed by atoms with Gasteiger partial charge in [0.25, 0.3) is 0 Å². The van der Waals surface area contributed by atoms with Crippen molar-refractivity contribution >= 4 is 17.1 Å². The molecule has 0 radical (unpaired) electrons. The summed E-state index contributed by atoms with van der Waals surface area (Å²) in [5, 5.41) is 7.53. The zero-order valence-corrected chi connectivity index (χ0v) is 22.9. The fourth-order valence-electron chi connectivity index (χ4n) is 5.36. The number of pyridine rings is 1. The predicted molar refractivity (Wildman–Crippen MR) is 148 cm³/mol. The molecule has 3 atom stereocenters. The van der Waals surface area contributed by atoms with E-state index in [0.717, 1.165) is 11.3 Å². The highest BCUT2D eigenvalue weighted by molar-refractivity contribution is 5.73. The molecule has 0 aliphatic carbocycles. The van der Waals surface area contributed by atoms with Crippen LogP contribution in [0.1, 0.15) is 39.1 Å². The number of rotatable bonds is 7. The molecule has 0 saturated carbocycles. The Morgan fingerprint density at radius 2 is 1.93 bits per heavy atom. The zero-order chi connectivity index (χ0) is 28.6. The van der Waals surface area contributed by atoms with Gasteiger partial charge < -0.3 is 20.7 Å². The third-order valence-electron chi connectivity index (χ3n) is 7.05. The lowest BCUT2D eigenvalue weighted by molar-refractivity contribution is -0.120. The van der Waals surface area contributed by atoms with Crippen molar-refractivity contribution < 1.29 is 18.3 Å². The van der Waals surface area contributed by atoms with E-state index in [1.807, 2.05) is 6.07 Å². The summed E-state index contributed by atoms with van der Waals surface area (Å²) in [7, 11) is 0. The number of imidazole rings is 1. The highest BCUT2D eigenvalue weighted by Gasteiger charge is 2.33. The molecule has 1 aromatic carbocycles. The molecular formula is C29H33F2N7O2. The van der Waals surface area contributed by atoms with Crippen LogP contribution in [-0.2, 0) is 11.2 Å². The summed E-state index contributed by atoms with van der Waals surface area (Å²) < 4.78 is 37.1. The number of anilines is 1. The molecule has 1 amide bonds. The van der Waals surface area contributed by atoms with Gasteiger partial charge in [0.15, 0.2) is 0 Å². The number of nitrogens with two attached hydrogens (primary N) is 1. The average Bonchev–Trinajstić information content (AvgIpc) is 3.27. The van der Waals surface area contributed by atoms with Crippen LogP contribution < -0.4 is 20.7 Å². The van der Waals surface area contributed by atoms with Crippen molar-refractivity contribution in [2.45, 2.75) is 52.3 Å². The van der Waals surface area contributed by atoms with E-state index in [1.165, 1.54) is 19.1 Å². The van der Waals surface area contributed by atoms with Gasteiger partial charge in [0.1, 0.15) is 23.2 Å². The van der Waals surface area contributed by atoms with E-state index in [1.54, 1.807) is 49.1 Å². The fourth-order valence-corrected chi connectivity index (χ4v) is 5.36. The van der Waals surface area contributed by atoms with Gasteiger partial charge >= 0.3 is 0 Å². The number of aromatic nitrogens is 4. The Hall–Kier alpha value is -4.12. The van der Waals surface area contributed by atoms with E-state index in [9.17, 15) is 4.79 Å². The molecule has 1 aliphatic rings. The summed E-state index contributed by atoms with van der Waals surface area (Å²) >= 11 is 0. The molecule has 1 fully saturated rings. The van der Waals surface area contributed by atoms with Crippen molar-refractivity contribution in [3.63, 3.8) is 0 Å². The number of hydrogen-bond donors (Lipinski definition) is 2. The number of halogens is 2. The van der Waals surface area contributed by atoms with Gasteiger partial charge in [0.05, 0.1) is 29.1 Å². The molecule has 0 unspecified atom stereocenters. The fraction of sp³-hybridized carbons (Fsp3) is 0.379. The Labute approximate surface area is 231 Å². The zero-order valence-electron chi connectivity index (χ0n) is 22.9. The number of carbonyl (C=O) groups excluding carboxylic acids is 1. The minimum absolute atomic E-state index is 0.0944. The third kappa shape index (κ3) is 5.60. The number of fused-ring (bicyclic) bond motifs is 1. The van der Waals surface area contributed by atoms with Crippen LogP contribution in [0.2, 0.25) is 0 Å². The molecule has 3 aromatic heterocycles. The predicted octanol–water partition coefficient (Wildman–Crippen LogP) is 3.74. The van der Waals surface area contributed by atoms with Crippen LogP contribution >= 0.6 is 0 Å². The summed E-state index contributed by atoms with van der Waals surface area (Å²) in [5.41, 5.74) is 8.94. The summed E-state index contributed by atoms with van der Waals surface area (Å²) in [6, 6.07) is 7.23. The Morgan fingerprint density at radius 3 is 2.60 bits per heavy atom. The van der Waals surface area contributed by atoms with Crippen LogP contribution in [0.3, 0.4) is 0 Å². The van der Waals surface area contributed by atoms with Gasteiger partial charge in [0, 0.05) is 74.3 Å². The molecule has 40 heavy (non-hydrogen) atoms. The SMILES string of the molecule is CC(=O)N[C@@H]1[C@H](N)CN(c2ccncc2Cc2ncc3ccc(-c4c(F)cc(OC(C)C)cc4F)nn23)C[C@@H]1C. The van der Waals surface area contributed by atoms with Crippen LogP contribution in [0.15, 0.2) is 48.9 Å². The maximum Gasteiger partial charge on any atom is 0.217 e. The van der Waals surface area contributed by atoms with Gasteiger partial charge in [-0.15, -0.1) is 0 Å². The number of benzene rings is 1. The molecule has 3 N–H and O–H groups in total. The normalized spacial score (nSPS) is 19.3. The van der Waals surface area contributed by atoms with Crippen molar-refractivity contribution in [2.75, 3.05) is 18.0 Å². The first-order valence-corrected chi connectivity index (χ1v) is 13.3. The molecule has 5 rings (SSSR count). The minimum atomic E-state index is -0.758. The van der Waals surface area contributed by atoms with Crippen molar-refractivity contribution in [1.82, 2.24) is 24.9 Å². The van der Waals surface area contributed by atoms with Crippen molar-refractivity contribution in [2.24, 2.45) is 11.7 Å². The van der Waals surface area contributed by atoms with Gasteiger partial charge in [-0.3, -0.25) is 9.78 Å². The van der Waals surface area contributed by atoms with E-state index in [4.69, 9.17) is 10.5 Å². The first-order chi connectivity index (χ1) is 19.1. The van der Waals surface area contributed by atoms with E-state index in [2.05, 4.69) is 32.2 Å². The topological polar surface area (TPSA) is 111 Å². The van der Waals surface area contributed by atoms with Crippen LogP contribution in [-0.4, -0.2) is 56.8 Å². The molecule has 1 saturated heterocycles. The summed E-state index contributed by atoms with van der Waals surface area (Å²) in [5.74, 6) is -0.761. The molecule has 1 aliphatic heterocycles. The van der Waals surface area contributed by atoms with E-state index in [-0.39, 0.29) is 47.0 Å². The number of nitrogens with one attached hydrogen (secondary N) is 1. The maximum atomic E-state index is 15.0. The number of hydrogen-bond acceptors (Lipinski definition) is 7. The van der Waals surface area contributed by atoms with Crippen LogP contribution in [0.4, 0.5) is 14.5 Å². The van der Waals surface area contributed by atoms with Crippen molar-refractivity contribution in [3.8, 4) is 17.0 Å². The van der Waals surface area contributed by atoms with E-state index >= 15 is 8.78 Å². The number of amides is 1. The molecule has 210 valence electrons. The summed E-state index contributed by atoms with van der Waals surface area (Å²) in [6.45, 7) is 8.41. The lowest BCUT2D eigenvalue weighted by Crippen LogP contribution is -2.61. The van der Waals surface area contributed by atoms with Crippen LogP contribution in [0.25, 0.3) is 16.8 Å². The largest absolute Gasteiger partial charge is 0.491 e. The molecule has 0 spiro atoms. The maximum absolute atomic E-state index is 15.0.